The third-order valence-corrected chi connectivity index (χ3v) is 28.1. The number of non-ortho nitro benzene ring substituents is 1. The van der Waals surface area contributed by atoms with Crippen LogP contribution < -0.4 is 11.3 Å². The number of nitro groups is 1. The maximum absolute atomic E-state index is 14.3. The number of ether oxygens (including phenoxy) is 1. The Morgan fingerprint density at radius 2 is 1.83 bits per heavy atom. The van der Waals surface area contributed by atoms with Gasteiger partial charge in [-0.25, -0.2) is 24.3 Å². The SMILES string of the molecule is C=C(C)[C@@H]1CC[C@]2(C)SP(=S)(OC[C@H]3O[C@@H](n4cnc5c(=O)n6ccn(CCc7ccc([N+](=O)[O-])cc7)c6nc54)[C@H](OP(O)(=S)OC[C@H]4C[C@@H](n5cnc6c(N)ncnc65)[C@@H]4CC)[C@@H]3O[Si](C)(C)C(C)(C)C)O[C@H]2C1. The van der Waals surface area contributed by atoms with E-state index in [0.717, 1.165) is 36.8 Å². The number of nitrogens with two attached hydrogens (primary N) is 1. The summed E-state index contributed by atoms with van der Waals surface area (Å²) in [6.07, 6.45) is 8.69. The van der Waals surface area contributed by atoms with Gasteiger partial charge in [0.15, 0.2) is 37.2 Å². The lowest BCUT2D eigenvalue weighted by atomic mass is 9.68. The van der Waals surface area contributed by atoms with Crippen LogP contribution in [-0.4, -0.2) is 104 Å². The summed E-state index contributed by atoms with van der Waals surface area (Å²) in [5.41, 5.74) is 6.25. The van der Waals surface area contributed by atoms with E-state index < -0.39 is 55.8 Å². The third kappa shape index (κ3) is 10.5. The zero-order valence-corrected chi connectivity index (χ0v) is 48.5. The lowest BCUT2D eigenvalue weighted by Crippen LogP contribution is -2.50. The van der Waals surface area contributed by atoms with Gasteiger partial charge in [0, 0.05) is 41.9 Å². The number of fused-ring (bicyclic) bond motifs is 4. The topological polar surface area (TPSA) is 245 Å². The van der Waals surface area contributed by atoms with Crippen LogP contribution in [0.2, 0.25) is 18.1 Å². The Morgan fingerprint density at radius 1 is 1.09 bits per heavy atom. The molecule has 2 saturated heterocycles. The van der Waals surface area contributed by atoms with Gasteiger partial charge in [-0.2, -0.15) is 4.98 Å². The second-order valence-electron chi connectivity index (χ2n) is 22.1. The van der Waals surface area contributed by atoms with Crippen molar-refractivity contribution in [2.75, 3.05) is 18.9 Å². The van der Waals surface area contributed by atoms with E-state index in [4.69, 9.17) is 61.6 Å². The number of rotatable bonds is 18. The molecule has 10 rings (SSSR count). The monoisotopic (exact) mass is 1140 g/mol. The van der Waals surface area contributed by atoms with Crippen molar-refractivity contribution in [3.05, 3.63) is 93.8 Å². The molecule has 404 valence electrons. The van der Waals surface area contributed by atoms with Gasteiger partial charge in [0.25, 0.3) is 11.2 Å². The molecular formula is C48H65N11O10P2S3Si. The summed E-state index contributed by atoms with van der Waals surface area (Å²) in [5.74, 6) is 1.14. The molecule has 1 aromatic carbocycles. The zero-order valence-electron chi connectivity index (χ0n) is 43.3. The number of hydrogen-bond donors (Lipinski definition) is 2. The van der Waals surface area contributed by atoms with Crippen LogP contribution in [0.5, 0.6) is 0 Å². The molecule has 2 aliphatic carbocycles. The predicted octanol–water partition coefficient (Wildman–Crippen LogP) is 9.42. The van der Waals surface area contributed by atoms with Crippen molar-refractivity contribution in [2.45, 2.75) is 146 Å². The number of benzene rings is 1. The standard InChI is InChI=1S/C48H65N11O10P2S3Si/c1-10-33-31(21-34(33)57-26-52-37-41(49)50-25-51-42(37)57)23-64-70(63,72)68-40-39(69-75(8,9)47(4,5)6)35(24-65-71(73)67-36-22-30(28(2)3)15-17-48(36,7)74-71)66-45(40)58-27-53-38-43(58)54-46-55(19-20-56(46)44(38)60)18-16-29-11-13-32(14-12-29)59(61)62/h11-14,19-20,25-27,30-31,33-36,39-40,45H,2,10,15-18,21-24H2,1,3-9H3,(H,63,72)(H2,49,50,51)/t30-,31-,33-,34-,35-,36+,39-,40-,45-,48+,70?,71?/m1/s1. The molecule has 4 fully saturated rings. The van der Waals surface area contributed by atoms with Crippen molar-refractivity contribution in [1.82, 2.24) is 43.0 Å². The number of aromatic nitrogens is 9. The van der Waals surface area contributed by atoms with Gasteiger partial charge in [0.05, 0.1) is 36.9 Å². The Bertz CT molecular complexity index is 3330. The summed E-state index contributed by atoms with van der Waals surface area (Å²) in [6, 6.07) is 6.42. The number of imidazole rings is 3. The first-order valence-corrected chi connectivity index (χ1v) is 34.8. The Morgan fingerprint density at radius 3 is 2.53 bits per heavy atom. The molecule has 0 amide bonds. The van der Waals surface area contributed by atoms with E-state index in [0.29, 0.717) is 48.1 Å². The lowest BCUT2D eigenvalue weighted by Gasteiger charge is -2.45. The molecule has 4 aliphatic rings. The van der Waals surface area contributed by atoms with Gasteiger partial charge in [0.2, 0.25) is 11.5 Å². The molecule has 0 radical (unpaired) electrons. The smallest absolute Gasteiger partial charge is 0.325 e. The molecule has 6 aromatic rings. The highest BCUT2D eigenvalue weighted by Crippen LogP contribution is 2.75. The molecule has 2 aliphatic heterocycles. The van der Waals surface area contributed by atoms with E-state index in [9.17, 15) is 19.8 Å². The van der Waals surface area contributed by atoms with Gasteiger partial charge in [-0.3, -0.25) is 24.0 Å². The first-order chi connectivity index (χ1) is 35.4. The average molecular weight is 1140 g/mol. The molecule has 7 heterocycles. The van der Waals surface area contributed by atoms with Gasteiger partial charge in [-0.15, -0.1) is 0 Å². The molecule has 5 aromatic heterocycles. The molecule has 12 atom stereocenters. The highest BCUT2D eigenvalue weighted by molar-refractivity contribution is 8.68. The van der Waals surface area contributed by atoms with Crippen molar-refractivity contribution in [3.8, 4) is 0 Å². The fraction of sp³-hybridized carbons (Fsp3) is 0.583. The summed E-state index contributed by atoms with van der Waals surface area (Å²) < 4.78 is 47.7. The van der Waals surface area contributed by atoms with Gasteiger partial charge in [-0.1, -0.05) is 69.8 Å². The molecule has 75 heavy (non-hydrogen) atoms. The van der Waals surface area contributed by atoms with Gasteiger partial charge in [-0.05, 0) is 111 Å². The van der Waals surface area contributed by atoms with Crippen LogP contribution in [0, 0.1) is 27.9 Å². The van der Waals surface area contributed by atoms with Gasteiger partial charge < -0.3 is 42.5 Å². The first kappa shape index (κ1) is 54.5. The van der Waals surface area contributed by atoms with Crippen molar-refractivity contribution >= 4 is 95.3 Å². The maximum Gasteiger partial charge on any atom is 0.325 e. The number of nitro benzene ring substituents is 1. The number of anilines is 1. The van der Waals surface area contributed by atoms with Gasteiger partial charge in [0.1, 0.15) is 30.2 Å². The summed E-state index contributed by atoms with van der Waals surface area (Å²) in [6.45, 7) is 17.6. The van der Waals surface area contributed by atoms with Crippen LogP contribution in [0.4, 0.5) is 11.5 Å². The average Bonchev–Trinajstić information content (AvgIpc) is 4.17. The van der Waals surface area contributed by atoms with Crippen LogP contribution in [0.1, 0.15) is 91.5 Å². The largest absolute Gasteiger partial charge is 0.408 e. The van der Waals surface area contributed by atoms with Crippen LogP contribution >= 0.6 is 23.8 Å². The quantitative estimate of drug-likeness (QED) is 0.0267. The summed E-state index contributed by atoms with van der Waals surface area (Å²) >= 11 is 13.8. The lowest BCUT2D eigenvalue weighted by molar-refractivity contribution is -0.384. The van der Waals surface area contributed by atoms with Crippen molar-refractivity contribution < 1.29 is 37.1 Å². The normalized spacial score (nSPS) is 30.0. The Labute approximate surface area is 449 Å². The first-order valence-electron chi connectivity index (χ1n) is 25.3. The number of nitrogens with zero attached hydrogens (tertiary/aromatic N) is 10. The summed E-state index contributed by atoms with van der Waals surface area (Å²) in [5, 5.41) is 11.0. The molecule has 3 N–H and O–H groups in total. The van der Waals surface area contributed by atoms with E-state index in [1.54, 1.807) is 46.8 Å². The van der Waals surface area contributed by atoms with E-state index in [1.807, 2.05) is 9.13 Å². The zero-order chi connectivity index (χ0) is 53.6. The molecule has 0 bridgehead atoms. The van der Waals surface area contributed by atoms with E-state index in [1.165, 1.54) is 29.2 Å². The molecule has 21 nitrogen and oxygen atoms in total. The highest BCUT2D eigenvalue weighted by Gasteiger charge is 2.57. The molecule has 0 spiro atoms. The fourth-order valence-corrected chi connectivity index (χ4v) is 20.7. The molecule has 2 unspecified atom stereocenters. The van der Waals surface area contributed by atoms with E-state index in [-0.39, 0.29) is 63.8 Å². The van der Waals surface area contributed by atoms with E-state index >= 15 is 0 Å². The number of aryl methyl sites for hydroxylation is 2. The summed E-state index contributed by atoms with van der Waals surface area (Å²) in [7, 11) is -2.70. The van der Waals surface area contributed by atoms with Crippen LogP contribution in [-0.2, 0) is 63.8 Å². The number of allylic oxidation sites excluding steroid dienone is 1. The second kappa shape index (κ2) is 20.4. The third-order valence-electron chi connectivity index (χ3n) is 16.3. The fourth-order valence-electron chi connectivity index (χ4n) is 10.7. The number of hydrogen-bond acceptors (Lipinski definition) is 18. The molecule has 27 heteroatoms. The Kier molecular flexibility index (Phi) is 14.9. The minimum Gasteiger partial charge on any atom is -0.408 e. The number of nitrogen functional groups attached to an aromatic ring is 1. The van der Waals surface area contributed by atoms with Crippen molar-refractivity contribution in [1.29, 1.82) is 0 Å². The highest BCUT2D eigenvalue weighted by atomic mass is 32.9. The summed E-state index contributed by atoms with van der Waals surface area (Å²) in [4.78, 5) is 60.1. The van der Waals surface area contributed by atoms with Crippen LogP contribution in [0.25, 0.3) is 28.1 Å². The van der Waals surface area contributed by atoms with Crippen molar-refractivity contribution in [2.24, 2.45) is 17.8 Å². The molecular weight excluding hydrogens is 1080 g/mol. The maximum atomic E-state index is 14.3. The van der Waals surface area contributed by atoms with Crippen LogP contribution in [0.3, 0.4) is 0 Å². The van der Waals surface area contributed by atoms with Crippen LogP contribution in [0.15, 0.2) is 72.6 Å². The van der Waals surface area contributed by atoms with Gasteiger partial charge >= 0.3 is 6.72 Å². The van der Waals surface area contributed by atoms with E-state index in [2.05, 4.69) is 81.2 Å². The predicted molar refractivity (Wildman–Crippen MR) is 297 cm³/mol. The second-order valence-corrected chi connectivity index (χ2v) is 36.2. The minimum atomic E-state index is -4.11. The Balaban J connectivity index is 0.974. The molecule has 2 saturated carbocycles. The minimum absolute atomic E-state index is 0.000466. The Hall–Kier alpha value is -3.81. The van der Waals surface area contributed by atoms with Crippen molar-refractivity contribution in [3.63, 3.8) is 0 Å².